The van der Waals surface area contributed by atoms with E-state index in [0.717, 1.165) is 25.7 Å². The lowest BCUT2D eigenvalue weighted by Gasteiger charge is -2.50. The average molecular weight is 305 g/mol. The van der Waals surface area contributed by atoms with Gasteiger partial charge in [-0.2, -0.15) is 0 Å². The van der Waals surface area contributed by atoms with Crippen LogP contribution in [0.3, 0.4) is 0 Å². The minimum Gasteiger partial charge on any atom is -0.298 e. The summed E-state index contributed by atoms with van der Waals surface area (Å²) in [5, 5.41) is 0. The molecule has 0 amide bonds. The van der Waals surface area contributed by atoms with Crippen LogP contribution in [-0.2, 0) is 10.0 Å². The van der Waals surface area contributed by atoms with E-state index in [-0.39, 0.29) is 17.0 Å². The van der Waals surface area contributed by atoms with Crippen LogP contribution in [0.5, 0.6) is 0 Å². The van der Waals surface area contributed by atoms with Gasteiger partial charge in [0.1, 0.15) is 0 Å². The highest BCUT2D eigenvalue weighted by atomic mass is 32.2. The lowest BCUT2D eigenvalue weighted by molar-refractivity contribution is -0.00285. The molecule has 0 unspecified atom stereocenters. The van der Waals surface area contributed by atoms with Crippen molar-refractivity contribution in [2.75, 3.05) is 13.3 Å². The van der Waals surface area contributed by atoms with E-state index in [0.29, 0.717) is 6.04 Å². The maximum atomic E-state index is 11.3. The summed E-state index contributed by atoms with van der Waals surface area (Å²) in [6.07, 6.45) is 5.23. The Morgan fingerprint density at radius 3 is 1.80 bits per heavy atom. The van der Waals surface area contributed by atoms with Crippen molar-refractivity contribution in [2.24, 2.45) is 5.41 Å². The third-order valence-electron chi connectivity index (χ3n) is 5.34. The van der Waals surface area contributed by atoms with E-state index >= 15 is 0 Å². The molecule has 0 saturated heterocycles. The number of nitrogens with one attached hydrogen (secondary N) is 1. The monoisotopic (exact) mass is 304 g/mol. The Morgan fingerprint density at radius 1 is 1.00 bits per heavy atom. The zero-order chi connectivity index (χ0) is 15.8. The van der Waals surface area contributed by atoms with Crippen LogP contribution in [0.25, 0.3) is 0 Å². The van der Waals surface area contributed by atoms with Crippen LogP contribution in [-0.4, -0.2) is 44.2 Å². The Morgan fingerprint density at radius 2 is 1.45 bits per heavy atom. The minimum absolute atomic E-state index is 0.118. The molecule has 1 aliphatic carbocycles. The van der Waals surface area contributed by atoms with E-state index in [9.17, 15) is 8.42 Å². The molecule has 0 aromatic rings. The molecule has 0 aromatic heterocycles. The maximum Gasteiger partial charge on any atom is 0.208 e. The molecular formula is C15H32N2O2S. The van der Waals surface area contributed by atoms with E-state index in [1.807, 2.05) is 0 Å². The number of nitrogens with zero attached hydrogens (tertiary/aromatic N) is 1. The summed E-state index contributed by atoms with van der Waals surface area (Å²) < 4.78 is 25.3. The third-order valence-corrected chi connectivity index (χ3v) is 6.10. The number of rotatable bonds is 4. The summed E-state index contributed by atoms with van der Waals surface area (Å²) in [5.74, 6) is 0. The maximum absolute atomic E-state index is 11.3. The second-order valence-corrected chi connectivity index (χ2v) is 9.60. The van der Waals surface area contributed by atoms with Crippen LogP contribution in [0.1, 0.15) is 60.3 Å². The quantitative estimate of drug-likeness (QED) is 0.868. The second kappa shape index (κ2) is 5.93. The molecule has 0 aliphatic heterocycles. The predicted octanol–water partition coefficient (Wildman–Crippen LogP) is 2.60. The van der Waals surface area contributed by atoms with E-state index in [2.05, 4.69) is 51.3 Å². The van der Waals surface area contributed by atoms with Crippen molar-refractivity contribution < 1.29 is 8.42 Å². The first kappa shape index (κ1) is 17.9. The van der Waals surface area contributed by atoms with E-state index in [1.54, 1.807) is 0 Å². The van der Waals surface area contributed by atoms with E-state index in [4.69, 9.17) is 0 Å². The smallest absolute Gasteiger partial charge is 0.208 e. The molecule has 0 heterocycles. The van der Waals surface area contributed by atoms with Gasteiger partial charge in [-0.3, -0.25) is 4.90 Å². The van der Waals surface area contributed by atoms with E-state index < -0.39 is 10.0 Å². The summed E-state index contributed by atoms with van der Waals surface area (Å²) in [6.45, 7) is 11.4. The topological polar surface area (TPSA) is 49.4 Å². The molecule has 1 saturated carbocycles. The van der Waals surface area contributed by atoms with Crippen molar-refractivity contribution in [2.45, 2.75) is 77.9 Å². The number of hydrogen-bond acceptors (Lipinski definition) is 3. The Kier molecular flexibility index (Phi) is 5.32. The van der Waals surface area contributed by atoms with Crippen LogP contribution in [0.15, 0.2) is 0 Å². The Hall–Kier alpha value is -0.130. The van der Waals surface area contributed by atoms with Crippen LogP contribution >= 0.6 is 0 Å². The first-order chi connectivity index (χ1) is 8.84. The SMILES string of the molecule is CN(C1CCC(NS(C)(=O)=O)CC1)C(C)(C)C(C)(C)C. The van der Waals surface area contributed by atoms with Crippen LogP contribution < -0.4 is 4.72 Å². The normalized spacial score (nSPS) is 26.0. The first-order valence-electron chi connectivity index (χ1n) is 7.55. The highest BCUT2D eigenvalue weighted by molar-refractivity contribution is 7.88. The van der Waals surface area contributed by atoms with Gasteiger partial charge in [-0.15, -0.1) is 0 Å². The molecule has 0 aromatic carbocycles. The van der Waals surface area contributed by atoms with Gasteiger partial charge < -0.3 is 0 Å². The van der Waals surface area contributed by atoms with Gasteiger partial charge in [-0.05, 0) is 52.0 Å². The second-order valence-electron chi connectivity index (χ2n) is 7.82. The fourth-order valence-corrected chi connectivity index (χ4v) is 3.71. The summed E-state index contributed by atoms with van der Waals surface area (Å²) in [4.78, 5) is 2.49. The van der Waals surface area contributed by atoms with Crippen LogP contribution in [0, 0.1) is 5.41 Å². The Balaban J connectivity index is 2.62. The molecule has 20 heavy (non-hydrogen) atoms. The number of sulfonamides is 1. The zero-order valence-electron chi connectivity index (χ0n) is 14.2. The van der Waals surface area contributed by atoms with Gasteiger partial charge in [0, 0.05) is 17.6 Å². The highest BCUT2D eigenvalue weighted by Crippen LogP contribution is 2.38. The van der Waals surface area contributed by atoms with Gasteiger partial charge in [-0.25, -0.2) is 13.1 Å². The molecule has 1 rings (SSSR count). The van der Waals surface area contributed by atoms with Crippen molar-refractivity contribution in [1.29, 1.82) is 0 Å². The third kappa shape index (κ3) is 4.43. The molecule has 0 bridgehead atoms. The lowest BCUT2D eigenvalue weighted by Crippen LogP contribution is -2.56. The van der Waals surface area contributed by atoms with Crippen LogP contribution in [0.4, 0.5) is 0 Å². The van der Waals surface area contributed by atoms with E-state index in [1.165, 1.54) is 6.26 Å². The summed E-state index contributed by atoms with van der Waals surface area (Å²) in [5.41, 5.74) is 0.332. The van der Waals surface area contributed by atoms with Crippen LogP contribution in [0.2, 0.25) is 0 Å². The minimum atomic E-state index is -3.08. The van der Waals surface area contributed by atoms with Crippen molar-refractivity contribution in [3.05, 3.63) is 0 Å². The summed E-state index contributed by atoms with van der Waals surface area (Å²) >= 11 is 0. The lowest BCUT2D eigenvalue weighted by atomic mass is 9.73. The van der Waals surface area contributed by atoms with Gasteiger partial charge >= 0.3 is 0 Å². The molecule has 4 nitrogen and oxygen atoms in total. The summed E-state index contributed by atoms with van der Waals surface area (Å²) in [6, 6.07) is 0.661. The Bertz CT molecular complexity index is 416. The standard InChI is InChI=1S/C15H32N2O2S/c1-14(2,3)15(4,5)17(6)13-10-8-12(9-11-13)16-20(7,18)19/h12-13,16H,8-11H2,1-7H3. The average Bonchev–Trinajstić information content (AvgIpc) is 2.25. The fraction of sp³-hybridized carbons (Fsp3) is 1.00. The molecule has 5 heteroatoms. The van der Waals surface area contributed by atoms with Crippen molar-refractivity contribution in [3.8, 4) is 0 Å². The molecular weight excluding hydrogens is 272 g/mol. The van der Waals surface area contributed by atoms with Crippen molar-refractivity contribution in [3.63, 3.8) is 0 Å². The molecule has 0 spiro atoms. The molecule has 1 N–H and O–H groups in total. The van der Waals surface area contributed by atoms with Gasteiger partial charge in [0.15, 0.2) is 0 Å². The van der Waals surface area contributed by atoms with Crippen molar-refractivity contribution in [1.82, 2.24) is 9.62 Å². The molecule has 0 radical (unpaired) electrons. The van der Waals surface area contributed by atoms with Crippen molar-refractivity contribution >= 4 is 10.0 Å². The first-order valence-corrected chi connectivity index (χ1v) is 9.44. The molecule has 1 fully saturated rings. The largest absolute Gasteiger partial charge is 0.298 e. The van der Waals surface area contributed by atoms with Gasteiger partial charge in [0.05, 0.1) is 6.26 Å². The zero-order valence-corrected chi connectivity index (χ0v) is 15.0. The predicted molar refractivity (Wildman–Crippen MR) is 85.3 cm³/mol. The van der Waals surface area contributed by atoms with Gasteiger partial charge in [0.2, 0.25) is 10.0 Å². The van der Waals surface area contributed by atoms with Gasteiger partial charge in [-0.1, -0.05) is 20.8 Å². The fourth-order valence-electron chi connectivity index (χ4n) is 2.87. The number of hydrogen-bond donors (Lipinski definition) is 1. The van der Waals surface area contributed by atoms with Gasteiger partial charge in [0.25, 0.3) is 0 Å². The molecule has 0 atom stereocenters. The Labute approximate surface area is 125 Å². The molecule has 120 valence electrons. The summed E-state index contributed by atoms with van der Waals surface area (Å²) in [7, 11) is -0.868. The highest BCUT2D eigenvalue weighted by Gasteiger charge is 2.40. The molecule has 1 aliphatic rings.